The minimum absolute atomic E-state index is 0.107. The highest BCUT2D eigenvalue weighted by Crippen LogP contribution is 2.14. The van der Waals surface area contributed by atoms with Crippen molar-refractivity contribution in [2.24, 2.45) is 0 Å². The molecule has 2 rings (SSSR count). The Bertz CT molecular complexity index is 403. The lowest BCUT2D eigenvalue weighted by molar-refractivity contribution is 0.0564. The highest BCUT2D eigenvalue weighted by molar-refractivity contribution is 5.27. The first-order chi connectivity index (χ1) is 10.8. The van der Waals surface area contributed by atoms with Crippen LogP contribution in [0.2, 0.25) is 0 Å². The molecule has 1 N–H and O–H groups in total. The molecular formula is C17H28N2O3. The number of aliphatic hydroxyl groups is 1. The molecule has 0 bridgehead atoms. The molecule has 1 aromatic rings. The Hall–Kier alpha value is -1.14. The lowest BCUT2D eigenvalue weighted by Gasteiger charge is -2.34. The van der Waals surface area contributed by atoms with Crippen LogP contribution < -0.4 is 4.74 Å². The molecule has 1 aliphatic heterocycles. The van der Waals surface area contributed by atoms with E-state index < -0.39 is 0 Å². The molecule has 1 saturated heterocycles. The SMILES string of the molecule is CCOc1ccc(CN2CCN(CCOCCO)CC2)cc1. The summed E-state index contributed by atoms with van der Waals surface area (Å²) in [5.74, 6) is 0.943. The number of rotatable bonds is 9. The molecule has 1 aliphatic rings. The Morgan fingerprint density at radius 2 is 1.68 bits per heavy atom. The number of aliphatic hydroxyl groups excluding tert-OH is 1. The molecule has 0 saturated carbocycles. The first-order valence-corrected chi connectivity index (χ1v) is 8.17. The Labute approximate surface area is 133 Å². The summed E-state index contributed by atoms with van der Waals surface area (Å²) in [5, 5.41) is 8.67. The van der Waals surface area contributed by atoms with Crippen LogP contribution in [0.1, 0.15) is 12.5 Å². The largest absolute Gasteiger partial charge is 0.494 e. The average molecular weight is 308 g/mol. The van der Waals surface area contributed by atoms with Gasteiger partial charge in [0.1, 0.15) is 5.75 Å². The van der Waals surface area contributed by atoms with Crippen molar-refractivity contribution >= 4 is 0 Å². The molecule has 0 atom stereocenters. The summed E-state index contributed by atoms with van der Waals surface area (Å²) in [6.07, 6.45) is 0. The number of hydrogen-bond acceptors (Lipinski definition) is 5. The van der Waals surface area contributed by atoms with E-state index in [2.05, 4.69) is 21.9 Å². The monoisotopic (exact) mass is 308 g/mol. The van der Waals surface area contributed by atoms with Gasteiger partial charge < -0.3 is 14.6 Å². The minimum atomic E-state index is 0.107. The quantitative estimate of drug-likeness (QED) is 0.695. The van der Waals surface area contributed by atoms with E-state index in [9.17, 15) is 0 Å². The zero-order chi connectivity index (χ0) is 15.6. The topological polar surface area (TPSA) is 45.2 Å². The van der Waals surface area contributed by atoms with Gasteiger partial charge in [-0.15, -0.1) is 0 Å². The Morgan fingerprint density at radius 3 is 2.32 bits per heavy atom. The van der Waals surface area contributed by atoms with E-state index in [0.29, 0.717) is 19.8 Å². The molecular weight excluding hydrogens is 280 g/mol. The number of nitrogens with zero attached hydrogens (tertiary/aromatic N) is 2. The second kappa shape index (κ2) is 9.79. The highest BCUT2D eigenvalue weighted by Gasteiger charge is 2.16. The van der Waals surface area contributed by atoms with Crippen LogP contribution in [0, 0.1) is 0 Å². The zero-order valence-corrected chi connectivity index (χ0v) is 13.5. The second-order valence-corrected chi connectivity index (χ2v) is 5.53. The summed E-state index contributed by atoms with van der Waals surface area (Å²) in [4.78, 5) is 4.91. The van der Waals surface area contributed by atoms with E-state index >= 15 is 0 Å². The third-order valence-corrected chi connectivity index (χ3v) is 3.89. The van der Waals surface area contributed by atoms with Crippen molar-refractivity contribution < 1.29 is 14.6 Å². The fourth-order valence-electron chi connectivity index (χ4n) is 2.65. The van der Waals surface area contributed by atoms with Gasteiger partial charge in [0.05, 0.1) is 26.4 Å². The van der Waals surface area contributed by atoms with Gasteiger partial charge in [-0.3, -0.25) is 9.80 Å². The second-order valence-electron chi connectivity index (χ2n) is 5.53. The van der Waals surface area contributed by atoms with Crippen molar-refractivity contribution in [2.75, 3.05) is 59.2 Å². The van der Waals surface area contributed by atoms with Crippen LogP contribution in [0.4, 0.5) is 0 Å². The van der Waals surface area contributed by atoms with Crippen molar-refractivity contribution in [3.63, 3.8) is 0 Å². The molecule has 1 fully saturated rings. The molecule has 1 aromatic carbocycles. The molecule has 5 nitrogen and oxygen atoms in total. The number of hydrogen-bond donors (Lipinski definition) is 1. The summed E-state index contributed by atoms with van der Waals surface area (Å²) in [5.41, 5.74) is 1.34. The van der Waals surface area contributed by atoms with E-state index in [4.69, 9.17) is 14.6 Å². The van der Waals surface area contributed by atoms with Gasteiger partial charge in [-0.1, -0.05) is 12.1 Å². The van der Waals surface area contributed by atoms with Crippen LogP contribution in [-0.2, 0) is 11.3 Å². The fraction of sp³-hybridized carbons (Fsp3) is 0.647. The van der Waals surface area contributed by atoms with Crippen LogP contribution in [0.3, 0.4) is 0 Å². The highest BCUT2D eigenvalue weighted by atomic mass is 16.5. The zero-order valence-electron chi connectivity index (χ0n) is 13.5. The lowest BCUT2D eigenvalue weighted by Crippen LogP contribution is -2.46. The average Bonchev–Trinajstić information content (AvgIpc) is 2.55. The van der Waals surface area contributed by atoms with E-state index in [1.165, 1.54) is 5.56 Å². The molecule has 0 amide bonds. The molecule has 0 aliphatic carbocycles. The fourth-order valence-corrected chi connectivity index (χ4v) is 2.65. The van der Waals surface area contributed by atoms with Gasteiger partial charge in [0.15, 0.2) is 0 Å². The van der Waals surface area contributed by atoms with Crippen LogP contribution in [0.5, 0.6) is 5.75 Å². The summed E-state index contributed by atoms with van der Waals surface area (Å²) in [6, 6.07) is 8.40. The van der Waals surface area contributed by atoms with E-state index in [-0.39, 0.29) is 6.61 Å². The predicted octanol–water partition coefficient (Wildman–Crippen LogP) is 1.21. The van der Waals surface area contributed by atoms with Crippen LogP contribution in [0.15, 0.2) is 24.3 Å². The van der Waals surface area contributed by atoms with Crippen LogP contribution in [-0.4, -0.2) is 74.1 Å². The van der Waals surface area contributed by atoms with Gasteiger partial charge in [0.25, 0.3) is 0 Å². The van der Waals surface area contributed by atoms with E-state index in [1.807, 2.05) is 19.1 Å². The van der Waals surface area contributed by atoms with Gasteiger partial charge in [-0.25, -0.2) is 0 Å². The van der Waals surface area contributed by atoms with Crippen molar-refractivity contribution in [2.45, 2.75) is 13.5 Å². The minimum Gasteiger partial charge on any atom is -0.494 e. The van der Waals surface area contributed by atoms with Crippen LogP contribution >= 0.6 is 0 Å². The maximum absolute atomic E-state index is 8.67. The van der Waals surface area contributed by atoms with E-state index in [0.717, 1.165) is 45.0 Å². The molecule has 0 aromatic heterocycles. The van der Waals surface area contributed by atoms with Gasteiger partial charge >= 0.3 is 0 Å². The Kier molecular flexibility index (Phi) is 7.66. The Morgan fingerprint density at radius 1 is 1.00 bits per heavy atom. The van der Waals surface area contributed by atoms with Crippen molar-refractivity contribution in [3.8, 4) is 5.75 Å². The molecule has 22 heavy (non-hydrogen) atoms. The molecule has 124 valence electrons. The summed E-state index contributed by atoms with van der Waals surface area (Å²) >= 11 is 0. The summed E-state index contributed by atoms with van der Waals surface area (Å²) < 4.78 is 10.8. The van der Waals surface area contributed by atoms with Crippen molar-refractivity contribution in [3.05, 3.63) is 29.8 Å². The number of piperazine rings is 1. The van der Waals surface area contributed by atoms with Gasteiger partial charge in [-0.2, -0.15) is 0 Å². The third kappa shape index (κ3) is 5.93. The van der Waals surface area contributed by atoms with Gasteiger partial charge in [0.2, 0.25) is 0 Å². The molecule has 1 heterocycles. The number of ether oxygens (including phenoxy) is 2. The van der Waals surface area contributed by atoms with Crippen molar-refractivity contribution in [1.29, 1.82) is 0 Å². The maximum Gasteiger partial charge on any atom is 0.119 e. The third-order valence-electron chi connectivity index (χ3n) is 3.89. The summed E-state index contributed by atoms with van der Waals surface area (Å²) in [6.45, 7) is 10.3. The maximum atomic E-state index is 8.67. The number of benzene rings is 1. The molecule has 5 heteroatoms. The molecule has 0 radical (unpaired) electrons. The van der Waals surface area contributed by atoms with Gasteiger partial charge in [-0.05, 0) is 24.6 Å². The first kappa shape index (κ1) is 17.2. The summed E-state index contributed by atoms with van der Waals surface area (Å²) in [7, 11) is 0. The van der Waals surface area contributed by atoms with Crippen LogP contribution in [0.25, 0.3) is 0 Å². The molecule has 0 spiro atoms. The van der Waals surface area contributed by atoms with Crippen molar-refractivity contribution in [1.82, 2.24) is 9.80 Å². The van der Waals surface area contributed by atoms with Gasteiger partial charge in [0, 0.05) is 39.3 Å². The van der Waals surface area contributed by atoms with E-state index in [1.54, 1.807) is 0 Å². The lowest BCUT2D eigenvalue weighted by atomic mass is 10.2. The first-order valence-electron chi connectivity index (χ1n) is 8.17. The predicted molar refractivity (Wildman–Crippen MR) is 87.2 cm³/mol. The molecule has 0 unspecified atom stereocenters. The normalized spacial score (nSPS) is 16.8. The Balaban J connectivity index is 1.66. The standard InChI is InChI=1S/C17H28N2O3/c1-2-22-17-5-3-16(4-6-17)15-19-9-7-18(8-10-19)11-13-21-14-12-20/h3-6,20H,2,7-15H2,1H3. The smallest absolute Gasteiger partial charge is 0.119 e.